The highest BCUT2D eigenvalue weighted by Gasteiger charge is 2.27. The smallest absolute Gasteiger partial charge is 0.0368 e. The van der Waals surface area contributed by atoms with E-state index in [1.165, 1.54) is 95.6 Å². The van der Waals surface area contributed by atoms with E-state index in [1.54, 1.807) is 0 Å². The standard InChI is InChI=1S/C46H28S2/c1-3-15-29(16-4-1)41-33-21-9-10-22-34(33)42(30-17-5-2-6-18-30)46-44(40-28-32-20-8-14-26-38(32)48-40)36-24-12-11-23-35(36)43(45(41)46)39-27-31-19-7-13-25-37(31)47-39/h1-28H. The minimum absolute atomic E-state index is 1.23. The predicted octanol–water partition coefficient (Wildman–Crippen LogP) is 14.2. The van der Waals surface area contributed by atoms with E-state index in [0.717, 1.165) is 0 Å². The van der Waals surface area contributed by atoms with E-state index in [0.29, 0.717) is 0 Å². The topological polar surface area (TPSA) is 0 Å². The van der Waals surface area contributed by atoms with E-state index in [1.807, 2.05) is 22.7 Å². The van der Waals surface area contributed by atoms with Crippen LogP contribution in [0.4, 0.5) is 0 Å². The molecule has 0 unspecified atom stereocenters. The second-order valence-electron chi connectivity index (χ2n) is 12.4. The highest BCUT2D eigenvalue weighted by Crippen LogP contribution is 2.55. The molecule has 0 fully saturated rings. The van der Waals surface area contributed by atoms with Crippen LogP contribution in [0, 0.1) is 0 Å². The molecule has 2 heteroatoms. The molecule has 0 radical (unpaired) electrons. The van der Waals surface area contributed by atoms with Crippen LogP contribution in [0.3, 0.4) is 0 Å². The third kappa shape index (κ3) is 4.20. The Morgan fingerprint density at radius 2 is 0.625 bits per heavy atom. The zero-order chi connectivity index (χ0) is 31.6. The molecule has 0 atom stereocenters. The second kappa shape index (κ2) is 11.0. The summed E-state index contributed by atoms with van der Waals surface area (Å²) >= 11 is 3.80. The summed E-state index contributed by atoms with van der Waals surface area (Å²) in [6.45, 7) is 0. The molecule has 10 aromatic rings. The average Bonchev–Trinajstić information content (AvgIpc) is 3.78. The van der Waals surface area contributed by atoms with Gasteiger partial charge in [-0.2, -0.15) is 0 Å². The van der Waals surface area contributed by atoms with E-state index < -0.39 is 0 Å². The van der Waals surface area contributed by atoms with Gasteiger partial charge in [-0.15, -0.1) is 22.7 Å². The third-order valence-electron chi connectivity index (χ3n) is 9.65. The molecule has 2 aromatic heterocycles. The lowest BCUT2D eigenvalue weighted by Gasteiger charge is -2.24. The molecular formula is C46H28S2. The van der Waals surface area contributed by atoms with Gasteiger partial charge in [-0.05, 0) is 78.8 Å². The number of hydrogen-bond acceptors (Lipinski definition) is 2. The molecule has 10 rings (SSSR count). The van der Waals surface area contributed by atoms with Crippen molar-refractivity contribution in [1.82, 2.24) is 0 Å². The Morgan fingerprint density at radius 1 is 0.292 bits per heavy atom. The number of thiophene rings is 2. The first kappa shape index (κ1) is 27.6. The summed E-state index contributed by atoms with van der Waals surface area (Å²) in [5.74, 6) is 0. The van der Waals surface area contributed by atoms with Crippen molar-refractivity contribution in [2.24, 2.45) is 0 Å². The first-order valence-corrected chi connectivity index (χ1v) is 18.0. The fourth-order valence-corrected chi connectivity index (χ4v) is 9.91. The molecule has 8 aromatic carbocycles. The molecule has 0 saturated heterocycles. The largest absolute Gasteiger partial charge is 0.135 e. The highest BCUT2D eigenvalue weighted by atomic mass is 32.1. The minimum Gasteiger partial charge on any atom is -0.135 e. The van der Waals surface area contributed by atoms with Crippen LogP contribution in [0.25, 0.3) is 95.6 Å². The first-order chi connectivity index (χ1) is 23.8. The summed E-state index contributed by atoms with van der Waals surface area (Å²) in [5, 5.41) is 10.3. The Morgan fingerprint density at radius 3 is 1.02 bits per heavy atom. The minimum atomic E-state index is 1.23. The summed E-state index contributed by atoms with van der Waals surface area (Å²) in [7, 11) is 0. The summed E-state index contributed by atoms with van der Waals surface area (Å²) in [6, 6.07) is 62.6. The molecule has 48 heavy (non-hydrogen) atoms. The van der Waals surface area contributed by atoms with Gasteiger partial charge in [0.05, 0.1) is 0 Å². The maximum atomic E-state index is 2.41. The van der Waals surface area contributed by atoms with Crippen molar-refractivity contribution in [1.29, 1.82) is 0 Å². The van der Waals surface area contributed by atoms with Gasteiger partial charge in [-0.25, -0.2) is 0 Å². The normalized spacial score (nSPS) is 11.8. The van der Waals surface area contributed by atoms with Crippen molar-refractivity contribution in [3.63, 3.8) is 0 Å². The van der Waals surface area contributed by atoms with Crippen molar-refractivity contribution in [2.45, 2.75) is 0 Å². The maximum Gasteiger partial charge on any atom is 0.0368 e. The SMILES string of the molecule is c1ccc(-c2c3ccccc3c(-c3ccccc3)c3c(-c4cc5ccccc5s4)c4ccccc4c(-c4cc5ccccc5s4)c23)cc1. The molecular weight excluding hydrogens is 617 g/mol. The summed E-state index contributed by atoms with van der Waals surface area (Å²) < 4.78 is 2.62. The van der Waals surface area contributed by atoms with Crippen LogP contribution in [0.2, 0.25) is 0 Å². The Balaban J connectivity index is 1.55. The van der Waals surface area contributed by atoms with Crippen molar-refractivity contribution >= 4 is 75.2 Å². The van der Waals surface area contributed by atoms with Gasteiger partial charge in [0.15, 0.2) is 0 Å². The Bertz CT molecular complexity index is 2560. The molecule has 0 aliphatic carbocycles. The lowest BCUT2D eigenvalue weighted by molar-refractivity contribution is 1.65. The van der Waals surface area contributed by atoms with Gasteiger partial charge in [0.1, 0.15) is 0 Å². The lowest BCUT2D eigenvalue weighted by atomic mass is 9.79. The third-order valence-corrected chi connectivity index (χ3v) is 11.9. The number of hydrogen-bond donors (Lipinski definition) is 0. The quantitative estimate of drug-likeness (QED) is 0.167. The van der Waals surface area contributed by atoms with Crippen LogP contribution in [-0.4, -0.2) is 0 Å². The van der Waals surface area contributed by atoms with Gasteiger partial charge in [-0.1, -0.05) is 146 Å². The fraction of sp³-hybridized carbons (Fsp3) is 0. The highest BCUT2D eigenvalue weighted by molar-refractivity contribution is 7.23. The van der Waals surface area contributed by atoms with E-state index in [9.17, 15) is 0 Å². The predicted molar refractivity (Wildman–Crippen MR) is 211 cm³/mol. The lowest BCUT2D eigenvalue weighted by Crippen LogP contribution is -1.96. The van der Waals surface area contributed by atoms with Crippen LogP contribution in [0.1, 0.15) is 0 Å². The summed E-state index contributed by atoms with van der Waals surface area (Å²) in [5.41, 5.74) is 7.68. The number of benzene rings is 8. The number of rotatable bonds is 4. The molecule has 0 amide bonds. The van der Waals surface area contributed by atoms with E-state index in [-0.39, 0.29) is 0 Å². The summed E-state index contributed by atoms with van der Waals surface area (Å²) in [6.07, 6.45) is 0. The van der Waals surface area contributed by atoms with Gasteiger partial charge in [0.2, 0.25) is 0 Å². The molecule has 0 aliphatic heterocycles. The molecule has 2 heterocycles. The van der Waals surface area contributed by atoms with Gasteiger partial charge >= 0.3 is 0 Å². The van der Waals surface area contributed by atoms with Gasteiger partial charge in [0.25, 0.3) is 0 Å². The molecule has 0 bridgehead atoms. The monoisotopic (exact) mass is 644 g/mol. The van der Waals surface area contributed by atoms with Crippen LogP contribution >= 0.6 is 22.7 Å². The van der Waals surface area contributed by atoms with E-state index >= 15 is 0 Å². The molecule has 0 nitrogen and oxygen atoms in total. The average molecular weight is 645 g/mol. The van der Waals surface area contributed by atoms with Gasteiger partial charge in [0, 0.05) is 41.1 Å². The molecule has 0 aliphatic rings. The number of fused-ring (bicyclic) bond motifs is 5. The van der Waals surface area contributed by atoms with E-state index in [4.69, 9.17) is 0 Å². The fourth-order valence-electron chi connectivity index (χ4n) is 7.66. The van der Waals surface area contributed by atoms with E-state index in [2.05, 4.69) is 170 Å². The second-order valence-corrected chi connectivity index (χ2v) is 14.5. The van der Waals surface area contributed by atoms with Crippen molar-refractivity contribution in [3.8, 4) is 43.1 Å². The Hall–Kier alpha value is -5.54. The van der Waals surface area contributed by atoms with Crippen LogP contribution in [0.5, 0.6) is 0 Å². The van der Waals surface area contributed by atoms with Crippen LogP contribution in [0.15, 0.2) is 170 Å². The van der Waals surface area contributed by atoms with Crippen LogP contribution in [-0.2, 0) is 0 Å². The van der Waals surface area contributed by atoms with Crippen molar-refractivity contribution in [3.05, 3.63) is 170 Å². The zero-order valence-electron chi connectivity index (χ0n) is 26.0. The Kier molecular flexibility index (Phi) is 6.33. The van der Waals surface area contributed by atoms with Crippen LogP contribution < -0.4 is 0 Å². The maximum absolute atomic E-state index is 2.41. The molecule has 0 spiro atoms. The molecule has 224 valence electrons. The van der Waals surface area contributed by atoms with Crippen molar-refractivity contribution in [2.75, 3.05) is 0 Å². The Labute approximate surface area is 286 Å². The van der Waals surface area contributed by atoms with Gasteiger partial charge < -0.3 is 0 Å². The molecule has 0 N–H and O–H groups in total. The zero-order valence-corrected chi connectivity index (χ0v) is 27.6. The first-order valence-electron chi connectivity index (χ1n) is 16.4. The summed E-state index contributed by atoms with van der Waals surface area (Å²) in [4.78, 5) is 2.60. The molecule has 0 saturated carbocycles. The van der Waals surface area contributed by atoms with Gasteiger partial charge in [-0.3, -0.25) is 0 Å². The van der Waals surface area contributed by atoms with Crippen molar-refractivity contribution < 1.29 is 0 Å².